The van der Waals surface area contributed by atoms with Crippen molar-refractivity contribution in [2.75, 3.05) is 0 Å². The van der Waals surface area contributed by atoms with Crippen LogP contribution in [0.3, 0.4) is 0 Å². The van der Waals surface area contributed by atoms with Crippen LogP contribution in [-0.2, 0) is 6.54 Å². The third-order valence-electron chi connectivity index (χ3n) is 2.81. The van der Waals surface area contributed by atoms with E-state index in [-0.39, 0.29) is 18.3 Å². The van der Waals surface area contributed by atoms with Gasteiger partial charge >= 0.3 is 6.18 Å². The minimum atomic E-state index is -4.39. The molecule has 0 spiro atoms. The van der Waals surface area contributed by atoms with Gasteiger partial charge in [0.2, 0.25) is 11.5 Å². The second-order valence-electron chi connectivity index (χ2n) is 4.55. The van der Waals surface area contributed by atoms with Crippen molar-refractivity contribution in [1.82, 2.24) is 9.78 Å². The first-order valence-corrected chi connectivity index (χ1v) is 5.06. The van der Waals surface area contributed by atoms with Gasteiger partial charge in [-0.3, -0.25) is 0 Å². The largest absolute Gasteiger partial charge is 0.460 e. The van der Waals surface area contributed by atoms with Gasteiger partial charge in [-0.2, -0.15) is 18.3 Å². The monoisotopic (exact) mass is 234 g/mol. The molecule has 6 heteroatoms. The minimum Gasteiger partial charge on any atom is -0.460 e. The van der Waals surface area contributed by atoms with E-state index in [9.17, 15) is 13.2 Å². The fourth-order valence-electron chi connectivity index (χ4n) is 1.69. The lowest BCUT2D eigenvalue weighted by Crippen LogP contribution is -2.47. The number of nitrogens with zero attached hydrogens (tertiary/aromatic N) is 2. The van der Waals surface area contributed by atoms with Crippen molar-refractivity contribution in [2.24, 2.45) is 0 Å². The molecule has 16 heavy (non-hydrogen) atoms. The van der Waals surface area contributed by atoms with Gasteiger partial charge in [-0.25, -0.2) is 4.68 Å². The average Bonchev–Trinajstić information content (AvgIpc) is 2.58. The summed E-state index contributed by atoms with van der Waals surface area (Å²) in [6.45, 7) is 4.55. The van der Waals surface area contributed by atoms with Crippen LogP contribution in [0.2, 0.25) is 0 Å². The highest BCUT2D eigenvalue weighted by molar-refractivity contribution is 5.31. The minimum absolute atomic E-state index is 0.0966. The quantitative estimate of drug-likeness (QED) is 0.747. The molecular weight excluding hydrogens is 221 g/mol. The van der Waals surface area contributed by atoms with E-state index in [0.717, 1.165) is 6.92 Å². The summed E-state index contributed by atoms with van der Waals surface area (Å²) < 4.78 is 44.6. The normalized spacial score (nSPS) is 24.7. The predicted octanol–water partition coefficient (Wildman–Crippen LogP) is 2.72. The molecule has 0 N–H and O–H groups in total. The number of fused-ring (bicyclic) bond motifs is 1. The predicted molar refractivity (Wildman–Crippen MR) is 51.4 cm³/mol. The zero-order valence-corrected chi connectivity index (χ0v) is 9.30. The van der Waals surface area contributed by atoms with Crippen molar-refractivity contribution in [2.45, 2.75) is 45.0 Å². The second kappa shape index (κ2) is 3.15. The van der Waals surface area contributed by atoms with E-state index in [4.69, 9.17) is 4.74 Å². The molecule has 0 aliphatic carbocycles. The molecule has 1 atom stereocenters. The fourth-order valence-corrected chi connectivity index (χ4v) is 1.69. The number of ether oxygens (including phenoxy) is 1. The number of alkyl halides is 3. The van der Waals surface area contributed by atoms with E-state index in [2.05, 4.69) is 5.10 Å². The molecule has 0 saturated heterocycles. The van der Waals surface area contributed by atoms with E-state index >= 15 is 0 Å². The Kier molecular flexibility index (Phi) is 2.22. The average molecular weight is 234 g/mol. The number of aromatic nitrogens is 2. The smallest absolute Gasteiger partial charge is 0.429 e. The summed E-state index contributed by atoms with van der Waals surface area (Å²) in [6.07, 6.45) is -2.82. The van der Waals surface area contributed by atoms with Crippen molar-refractivity contribution < 1.29 is 17.9 Å². The molecule has 90 valence electrons. The summed E-state index contributed by atoms with van der Waals surface area (Å²) in [4.78, 5) is 0. The first-order chi connectivity index (χ1) is 7.24. The van der Waals surface area contributed by atoms with Crippen LogP contribution >= 0.6 is 0 Å². The second-order valence-corrected chi connectivity index (χ2v) is 4.55. The molecule has 0 aromatic carbocycles. The van der Waals surface area contributed by atoms with Gasteiger partial charge in [0.15, 0.2) is 0 Å². The molecule has 0 amide bonds. The van der Waals surface area contributed by atoms with Crippen LogP contribution in [0, 0.1) is 0 Å². The van der Waals surface area contributed by atoms with Gasteiger partial charge in [-0.1, -0.05) is 13.8 Å². The van der Waals surface area contributed by atoms with Gasteiger partial charge in [0.25, 0.3) is 0 Å². The van der Waals surface area contributed by atoms with Gasteiger partial charge in [0.1, 0.15) is 0 Å². The van der Waals surface area contributed by atoms with Crippen LogP contribution in [-0.4, -0.2) is 21.6 Å². The molecule has 2 rings (SSSR count). The fraction of sp³-hybridized carbons (Fsp3) is 0.700. The van der Waals surface area contributed by atoms with Gasteiger partial charge in [-0.15, -0.1) is 0 Å². The Morgan fingerprint density at radius 2 is 2.12 bits per heavy atom. The highest BCUT2D eigenvalue weighted by atomic mass is 19.4. The van der Waals surface area contributed by atoms with Crippen LogP contribution in [0.5, 0.6) is 5.88 Å². The van der Waals surface area contributed by atoms with Crippen molar-refractivity contribution in [3.05, 3.63) is 11.8 Å². The summed E-state index contributed by atoms with van der Waals surface area (Å²) in [5.41, 5.74) is -1.44. The molecule has 1 aromatic rings. The Bertz CT molecular complexity index is 411. The maximum absolute atomic E-state index is 12.8. The molecule has 1 aliphatic rings. The summed E-state index contributed by atoms with van der Waals surface area (Å²) in [5.74, 6) is 0.342. The lowest BCUT2D eigenvalue weighted by molar-refractivity contribution is -0.236. The zero-order chi connectivity index (χ0) is 12.1. The van der Waals surface area contributed by atoms with Crippen molar-refractivity contribution in [3.63, 3.8) is 0 Å². The molecule has 3 nitrogen and oxygen atoms in total. The molecular formula is C10H13F3N2O. The highest BCUT2D eigenvalue weighted by Crippen LogP contribution is 2.43. The summed E-state index contributed by atoms with van der Waals surface area (Å²) in [7, 11) is 0. The first kappa shape index (κ1) is 11.3. The maximum atomic E-state index is 12.8. The Morgan fingerprint density at radius 3 is 2.62 bits per heavy atom. The van der Waals surface area contributed by atoms with Gasteiger partial charge < -0.3 is 4.74 Å². The van der Waals surface area contributed by atoms with E-state index in [1.807, 2.05) is 13.8 Å². The molecule has 2 heterocycles. The lowest BCUT2D eigenvalue weighted by Gasteiger charge is -2.25. The van der Waals surface area contributed by atoms with Crippen LogP contribution < -0.4 is 4.74 Å². The summed E-state index contributed by atoms with van der Waals surface area (Å²) >= 11 is 0. The van der Waals surface area contributed by atoms with Crippen LogP contribution in [0.25, 0.3) is 0 Å². The van der Waals surface area contributed by atoms with Crippen molar-refractivity contribution in [3.8, 4) is 5.88 Å². The highest BCUT2D eigenvalue weighted by Gasteiger charge is 2.58. The van der Waals surface area contributed by atoms with E-state index in [0.29, 0.717) is 5.56 Å². The molecule has 0 radical (unpaired) electrons. The zero-order valence-electron chi connectivity index (χ0n) is 9.30. The van der Waals surface area contributed by atoms with Crippen molar-refractivity contribution in [1.29, 1.82) is 0 Å². The van der Waals surface area contributed by atoms with E-state index in [1.54, 1.807) is 6.20 Å². The standard InChI is InChI=1S/C10H13F3N2O/c1-6(2)7-4-14-15-5-9(3,10(11,12)13)16-8(7)15/h4,6H,5H2,1-3H3. The molecule has 1 unspecified atom stereocenters. The Labute approximate surface area is 91.2 Å². The third-order valence-corrected chi connectivity index (χ3v) is 2.81. The summed E-state index contributed by atoms with van der Waals surface area (Å²) in [6, 6.07) is 0. The number of halogens is 3. The van der Waals surface area contributed by atoms with E-state index < -0.39 is 11.8 Å². The Hall–Kier alpha value is -1.20. The van der Waals surface area contributed by atoms with Gasteiger partial charge in [-0.05, 0) is 12.8 Å². The van der Waals surface area contributed by atoms with Crippen LogP contribution in [0.15, 0.2) is 6.20 Å². The summed E-state index contributed by atoms with van der Waals surface area (Å²) in [5, 5.41) is 3.92. The third kappa shape index (κ3) is 1.47. The van der Waals surface area contributed by atoms with Crippen molar-refractivity contribution >= 4 is 0 Å². The molecule has 0 bridgehead atoms. The number of hydrogen-bond donors (Lipinski definition) is 0. The topological polar surface area (TPSA) is 27.1 Å². The van der Waals surface area contributed by atoms with E-state index in [1.165, 1.54) is 4.68 Å². The number of hydrogen-bond acceptors (Lipinski definition) is 2. The molecule has 1 aliphatic heterocycles. The molecule has 0 saturated carbocycles. The number of rotatable bonds is 1. The molecule has 1 aromatic heterocycles. The van der Waals surface area contributed by atoms with Gasteiger partial charge in [0, 0.05) is 5.56 Å². The van der Waals surface area contributed by atoms with Gasteiger partial charge in [0.05, 0.1) is 12.7 Å². The Balaban J connectivity index is 2.35. The van der Waals surface area contributed by atoms with Crippen LogP contribution in [0.4, 0.5) is 13.2 Å². The molecule has 0 fully saturated rings. The Morgan fingerprint density at radius 1 is 1.50 bits per heavy atom. The maximum Gasteiger partial charge on any atom is 0.429 e. The SMILES string of the molecule is CC(C)c1cnn2c1OC(C)(C(F)(F)F)C2. The first-order valence-electron chi connectivity index (χ1n) is 5.06. The van der Waals surface area contributed by atoms with Crippen LogP contribution in [0.1, 0.15) is 32.3 Å². The lowest BCUT2D eigenvalue weighted by atomic mass is 10.1.